The lowest BCUT2D eigenvalue weighted by atomic mass is 9.97. The summed E-state index contributed by atoms with van der Waals surface area (Å²) in [6.07, 6.45) is 1.37. The van der Waals surface area contributed by atoms with Crippen molar-refractivity contribution >= 4 is 35.0 Å². The molecule has 3 rings (SSSR count). The van der Waals surface area contributed by atoms with Crippen LogP contribution in [0.2, 0.25) is 0 Å². The van der Waals surface area contributed by atoms with E-state index in [0.29, 0.717) is 30.8 Å². The van der Waals surface area contributed by atoms with Crippen molar-refractivity contribution in [3.8, 4) is 0 Å². The minimum absolute atomic E-state index is 0.0801. The monoisotopic (exact) mass is 376 g/mol. The van der Waals surface area contributed by atoms with Crippen LogP contribution in [0.5, 0.6) is 0 Å². The molecule has 0 saturated carbocycles. The summed E-state index contributed by atoms with van der Waals surface area (Å²) < 4.78 is 0. The second-order valence-electron chi connectivity index (χ2n) is 6.07. The van der Waals surface area contributed by atoms with E-state index in [-0.39, 0.29) is 5.91 Å². The van der Waals surface area contributed by atoms with Crippen LogP contribution in [0.15, 0.2) is 34.5 Å². The summed E-state index contributed by atoms with van der Waals surface area (Å²) in [6, 6.07) is 7.53. The molecule has 1 saturated heterocycles. The maximum Gasteiger partial charge on any atom is 0.308 e. The van der Waals surface area contributed by atoms with Crippen LogP contribution in [0.4, 0.5) is 0 Å². The van der Waals surface area contributed by atoms with Gasteiger partial charge in [-0.25, -0.2) is 4.98 Å². The fourth-order valence-corrected chi connectivity index (χ4v) is 4.58. The summed E-state index contributed by atoms with van der Waals surface area (Å²) in [4.78, 5) is 31.2. The second kappa shape index (κ2) is 8.01. The van der Waals surface area contributed by atoms with Gasteiger partial charge in [-0.3, -0.25) is 9.59 Å². The normalized spacial score (nSPS) is 17.5. The number of piperidine rings is 1. The zero-order valence-corrected chi connectivity index (χ0v) is 15.6. The van der Waals surface area contributed by atoms with Crippen LogP contribution < -0.4 is 0 Å². The molecule has 0 unspecified atom stereocenters. The van der Waals surface area contributed by atoms with Crippen molar-refractivity contribution in [2.75, 3.05) is 13.1 Å². The van der Waals surface area contributed by atoms with Gasteiger partial charge >= 0.3 is 5.97 Å². The summed E-state index contributed by atoms with van der Waals surface area (Å²) in [5.41, 5.74) is 1.66. The molecule has 1 atom stereocenters. The Bertz CT molecular complexity index is 775. The third-order valence-corrected chi connectivity index (χ3v) is 6.15. The molecule has 25 heavy (non-hydrogen) atoms. The van der Waals surface area contributed by atoms with Gasteiger partial charge in [-0.15, -0.1) is 23.1 Å². The molecule has 1 N–H and O–H groups in total. The van der Waals surface area contributed by atoms with E-state index in [9.17, 15) is 14.7 Å². The highest BCUT2D eigenvalue weighted by Crippen LogP contribution is 2.29. The van der Waals surface area contributed by atoms with Crippen molar-refractivity contribution in [2.45, 2.75) is 30.4 Å². The number of aliphatic carboxylic acids is 1. The Morgan fingerprint density at radius 2 is 2.20 bits per heavy atom. The second-order valence-corrected chi connectivity index (χ2v) is 8.15. The highest BCUT2D eigenvalue weighted by atomic mass is 32.2. The minimum Gasteiger partial charge on any atom is -0.481 e. The van der Waals surface area contributed by atoms with Crippen molar-refractivity contribution in [3.05, 3.63) is 45.9 Å². The van der Waals surface area contributed by atoms with E-state index in [0.717, 1.165) is 22.0 Å². The van der Waals surface area contributed by atoms with E-state index in [4.69, 9.17) is 0 Å². The molecule has 1 fully saturated rings. The molecule has 1 aromatic carbocycles. The predicted octanol–water partition coefficient (Wildman–Crippen LogP) is 3.68. The molecular weight excluding hydrogens is 356 g/mol. The number of rotatable bonds is 5. The van der Waals surface area contributed by atoms with Crippen molar-refractivity contribution in [1.82, 2.24) is 9.88 Å². The van der Waals surface area contributed by atoms with E-state index < -0.39 is 11.9 Å². The molecule has 1 aliphatic heterocycles. The van der Waals surface area contributed by atoms with Crippen LogP contribution in [-0.4, -0.2) is 40.0 Å². The number of hydrogen-bond donors (Lipinski definition) is 1. The van der Waals surface area contributed by atoms with E-state index >= 15 is 0 Å². The highest BCUT2D eigenvalue weighted by molar-refractivity contribution is 7.98. The van der Waals surface area contributed by atoms with Gasteiger partial charge in [-0.2, -0.15) is 0 Å². The van der Waals surface area contributed by atoms with Gasteiger partial charge in [0.15, 0.2) is 0 Å². The van der Waals surface area contributed by atoms with Gasteiger partial charge in [0.25, 0.3) is 5.91 Å². The van der Waals surface area contributed by atoms with Gasteiger partial charge < -0.3 is 10.0 Å². The zero-order valence-electron chi connectivity index (χ0n) is 14.0. The molecule has 132 valence electrons. The number of aryl methyl sites for hydroxylation is 1. The zero-order chi connectivity index (χ0) is 17.8. The van der Waals surface area contributed by atoms with Gasteiger partial charge in [0, 0.05) is 29.1 Å². The van der Waals surface area contributed by atoms with E-state index in [2.05, 4.69) is 4.98 Å². The van der Waals surface area contributed by atoms with Crippen molar-refractivity contribution in [1.29, 1.82) is 0 Å². The maximum absolute atomic E-state index is 12.9. The van der Waals surface area contributed by atoms with Gasteiger partial charge in [0.1, 0.15) is 0 Å². The molecule has 1 aromatic heterocycles. The number of carbonyl (C=O) groups is 2. The summed E-state index contributed by atoms with van der Waals surface area (Å²) in [5.74, 6) is -0.648. The predicted molar refractivity (Wildman–Crippen MR) is 99.1 cm³/mol. The molecule has 0 bridgehead atoms. The summed E-state index contributed by atoms with van der Waals surface area (Å²) in [7, 11) is 0. The van der Waals surface area contributed by atoms with Crippen molar-refractivity contribution in [2.24, 2.45) is 5.92 Å². The van der Waals surface area contributed by atoms with Crippen LogP contribution in [0.3, 0.4) is 0 Å². The number of thiazole rings is 1. The number of thioether (sulfide) groups is 1. The number of nitrogens with zero attached hydrogens (tertiary/aromatic N) is 2. The molecule has 1 amide bonds. The molecule has 2 heterocycles. The fourth-order valence-electron chi connectivity index (χ4n) is 2.93. The molecular formula is C18H20N2O3S2. The number of carboxylic acids is 1. The summed E-state index contributed by atoms with van der Waals surface area (Å²) in [6.45, 7) is 2.89. The largest absolute Gasteiger partial charge is 0.481 e. The van der Waals surface area contributed by atoms with E-state index in [1.54, 1.807) is 28.0 Å². The van der Waals surface area contributed by atoms with Crippen LogP contribution in [-0.2, 0) is 10.5 Å². The number of hydrogen-bond acceptors (Lipinski definition) is 5. The van der Waals surface area contributed by atoms with E-state index in [1.807, 2.05) is 36.6 Å². The molecule has 0 aliphatic carbocycles. The van der Waals surface area contributed by atoms with Crippen molar-refractivity contribution < 1.29 is 14.7 Å². The SMILES string of the molecule is Cc1nc(CSc2ccccc2C(=O)N2CCC[C@H](C(=O)O)C2)cs1. The minimum atomic E-state index is -0.820. The number of amides is 1. The fraction of sp³-hybridized carbons (Fsp3) is 0.389. The van der Waals surface area contributed by atoms with Crippen molar-refractivity contribution in [3.63, 3.8) is 0 Å². The number of carbonyl (C=O) groups excluding carboxylic acids is 1. The third-order valence-electron chi connectivity index (χ3n) is 4.22. The van der Waals surface area contributed by atoms with Gasteiger partial charge in [0.2, 0.25) is 0 Å². The quantitative estimate of drug-likeness (QED) is 0.806. The molecule has 0 radical (unpaired) electrons. The average molecular weight is 377 g/mol. The number of carboxylic acid groups (broad SMARTS) is 1. The molecule has 2 aromatic rings. The maximum atomic E-state index is 12.9. The van der Waals surface area contributed by atoms with Gasteiger partial charge in [-0.05, 0) is 31.9 Å². The third kappa shape index (κ3) is 4.41. The Labute approximate surface area is 155 Å². The smallest absolute Gasteiger partial charge is 0.308 e. The van der Waals surface area contributed by atoms with Gasteiger partial charge in [-0.1, -0.05) is 12.1 Å². The molecule has 1 aliphatic rings. The lowest BCUT2D eigenvalue weighted by Gasteiger charge is -2.31. The first-order valence-corrected chi connectivity index (χ1v) is 10.1. The average Bonchev–Trinajstić information content (AvgIpc) is 3.05. The summed E-state index contributed by atoms with van der Waals surface area (Å²) >= 11 is 3.21. The van der Waals surface area contributed by atoms with E-state index in [1.165, 1.54) is 0 Å². The number of aromatic nitrogens is 1. The highest BCUT2D eigenvalue weighted by Gasteiger charge is 2.29. The Balaban J connectivity index is 1.73. The topological polar surface area (TPSA) is 70.5 Å². The molecule has 7 heteroatoms. The summed E-state index contributed by atoms with van der Waals surface area (Å²) in [5, 5.41) is 12.3. The Morgan fingerprint density at radius 1 is 1.40 bits per heavy atom. The lowest BCUT2D eigenvalue weighted by Crippen LogP contribution is -2.42. The Morgan fingerprint density at radius 3 is 2.92 bits per heavy atom. The number of benzene rings is 1. The first-order valence-electron chi connectivity index (χ1n) is 8.19. The Hall–Kier alpha value is -1.86. The molecule has 5 nitrogen and oxygen atoms in total. The van der Waals surface area contributed by atoms with Crippen LogP contribution in [0, 0.1) is 12.8 Å². The van der Waals surface area contributed by atoms with Crippen LogP contribution in [0.25, 0.3) is 0 Å². The Kier molecular flexibility index (Phi) is 5.75. The molecule has 0 spiro atoms. The van der Waals surface area contributed by atoms with Crippen LogP contribution >= 0.6 is 23.1 Å². The lowest BCUT2D eigenvalue weighted by molar-refractivity contribution is -0.143. The van der Waals surface area contributed by atoms with Crippen LogP contribution in [0.1, 0.15) is 33.9 Å². The first-order chi connectivity index (χ1) is 12.0. The standard InChI is InChI=1S/C18H20N2O3S2/c1-12-19-14(10-24-12)11-25-16-7-3-2-6-15(16)17(21)20-8-4-5-13(9-20)18(22)23/h2-3,6-7,10,13H,4-5,8-9,11H2,1H3,(H,22,23)/t13-/m0/s1. The van der Waals surface area contributed by atoms with Gasteiger partial charge in [0.05, 0.1) is 22.2 Å². The number of likely N-dealkylation sites (tertiary alicyclic amines) is 1. The first kappa shape index (κ1) is 17.9.